The molecule has 1 aliphatic rings. The number of carbonyl (C=O) groups is 1. The van der Waals surface area contributed by atoms with Crippen molar-refractivity contribution in [1.82, 2.24) is 5.16 Å². The molecule has 1 aromatic heterocycles. The molecule has 3 aromatic rings. The molecular formula is C18H14ClNO3. The summed E-state index contributed by atoms with van der Waals surface area (Å²) in [6, 6.07) is 13.0. The second-order valence-corrected chi connectivity index (χ2v) is 6.22. The molecule has 2 aromatic carbocycles. The minimum Gasteiger partial charge on any atom is -0.426 e. The first kappa shape index (κ1) is 14.3. The van der Waals surface area contributed by atoms with Crippen LogP contribution in [0.15, 0.2) is 47.0 Å². The van der Waals surface area contributed by atoms with Crippen LogP contribution in [0.3, 0.4) is 0 Å². The van der Waals surface area contributed by atoms with Gasteiger partial charge in [-0.2, -0.15) is 0 Å². The van der Waals surface area contributed by atoms with Gasteiger partial charge in [-0.3, -0.25) is 4.79 Å². The van der Waals surface area contributed by atoms with E-state index in [9.17, 15) is 4.79 Å². The lowest BCUT2D eigenvalue weighted by Gasteiger charge is -2.02. The van der Waals surface area contributed by atoms with E-state index in [0.717, 1.165) is 29.5 Å². The maximum Gasteiger partial charge on any atom is 0.314 e. The summed E-state index contributed by atoms with van der Waals surface area (Å²) in [5.74, 6) is 0.412. The van der Waals surface area contributed by atoms with Gasteiger partial charge in [-0.25, -0.2) is 0 Å². The van der Waals surface area contributed by atoms with E-state index in [1.807, 2.05) is 30.3 Å². The molecule has 0 radical (unpaired) electrons. The molecule has 0 saturated heterocycles. The van der Waals surface area contributed by atoms with Crippen molar-refractivity contribution in [2.45, 2.75) is 19.3 Å². The molecule has 0 aliphatic heterocycles. The molecule has 0 unspecified atom stereocenters. The lowest BCUT2D eigenvalue weighted by Crippen LogP contribution is -2.09. The summed E-state index contributed by atoms with van der Waals surface area (Å²) >= 11 is 5.90. The Morgan fingerprint density at radius 1 is 1.22 bits per heavy atom. The van der Waals surface area contributed by atoms with Crippen molar-refractivity contribution in [2.24, 2.45) is 5.92 Å². The van der Waals surface area contributed by atoms with E-state index < -0.39 is 0 Å². The molecule has 23 heavy (non-hydrogen) atoms. The summed E-state index contributed by atoms with van der Waals surface area (Å²) in [4.78, 5) is 11.7. The molecular weight excluding hydrogens is 314 g/mol. The van der Waals surface area contributed by atoms with Gasteiger partial charge in [0.1, 0.15) is 5.75 Å². The van der Waals surface area contributed by atoms with Crippen LogP contribution in [0.2, 0.25) is 5.02 Å². The Bertz CT molecular complexity index is 866. The predicted molar refractivity (Wildman–Crippen MR) is 86.6 cm³/mol. The maximum absolute atomic E-state index is 11.7. The number of hydrogen-bond donors (Lipinski definition) is 0. The van der Waals surface area contributed by atoms with E-state index in [0.29, 0.717) is 22.8 Å². The van der Waals surface area contributed by atoms with Crippen molar-refractivity contribution in [2.75, 3.05) is 0 Å². The van der Waals surface area contributed by atoms with Crippen LogP contribution in [0.4, 0.5) is 0 Å². The van der Waals surface area contributed by atoms with Gasteiger partial charge in [-0.1, -0.05) is 28.9 Å². The Morgan fingerprint density at radius 3 is 2.74 bits per heavy atom. The molecule has 0 bridgehead atoms. The Labute approximate surface area is 138 Å². The van der Waals surface area contributed by atoms with Crippen molar-refractivity contribution < 1.29 is 14.1 Å². The summed E-state index contributed by atoms with van der Waals surface area (Å²) in [5.41, 5.74) is 2.58. The molecule has 1 saturated carbocycles. The number of ether oxygens (including phenoxy) is 1. The van der Waals surface area contributed by atoms with Gasteiger partial charge in [0.05, 0.1) is 11.6 Å². The van der Waals surface area contributed by atoms with Gasteiger partial charge in [-0.05, 0) is 42.7 Å². The Balaban J connectivity index is 1.57. The minimum atomic E-state index is -0.162. The first-order valence-corrected chi connectivity index (χ1v) is 7.91. The summed E-state index contributed by atoms with van der Waals surface area (Å²) in [5, 5.41) is 5.76. The number of esters is 1. The van der Waals surface area contributed by atoms with Crippen LogP contribution in [0.5, 0.6) is 5.75 Å². The zero-order valence-corrected chi connectivity index (χ0v) is 13.0. The zero-order chi connectivity index (χ0) is 15.8. The fourth-order valence-corrected chi connectivity index (χ4v) is 2.60. The highest BCUT2D eigenvalue weighted by Gasteiger charge is 2.31. The van der Waals surface area contributed by atoms with Crippen molar-refractivity contribution >= 4 is 28.5 Å². The molecule has 1 heterocycles. The van der Waals surface area contributed by atoms with Gasteiger partial charge >= 0.3 is 5.97 Å². The number of nitrogens with zero attached hydrogens (tertiary/aromatic N) is 1. The van der Waals surface area contributed by atoms with Gasteiger partial charge in [0.2, 0.25) is 0 Å². The molecule has 0 N–H and O–H groups in total. The van der Waals surface area contributed by atoms with Crippen molar-refractivity contribution in [3.8, 4) is 5.75 Å². The van der Waals surface area contributed by atoms with Crippen LogP contribution >= 0.6 is 11.6 Å². The normalized spacial score (nSPS) is 14.1. The number of halogens is 1. The van der Waals surface area contributed by atoms with Crippen LogP contribution in [0.1, 0.15) is 24.1 Å². The minimum absolute atomic E-state index is 0.0703. The average molecular weight is 328 g/mol. The molecule has 116 valence electrons. The summed E-state index contributed by atoms with van der Waals surface area (Å²) in [6.07, 6.45) is 2.51. The fraction of sp³-hybridized carbons (Fsp3) is 0.222. The largest absolute Gasteiger partial charge is 0.426 e. The lowest BCUT2D eigenvalue weighted by molar-refractivity contribution is -0.135. The van der Waals surface area contributed by atoms with E-state index in [2.05, 4.69) is 5.16 Å². The van der Waals surface area contributed by atoms with Gasteiger partial charge in [0.25, 0.3) is 0 Å². The Kier molecular flexibility index (Phi) is 3.54. The Hall–Kier alpha value is -2.33. The third-order valence-corrected chi connectivity index (χ3v) is 4.18. The van der Waals surface area contributed by atoms with E-state index in [4.69, 9.17) is 20.9 Å². The highest BCUT2D eigenvalue weighted by atomic mass is 35.5. The standard InChI is InChI=1S/C18H14ClNO3/c19-13-5-1-11(2-6-13)9-16-15-8-7-14(10-17(15)23-20-16)22-18(21)12-3-4-12/h1-2,5-8,10,12H,3-4,9H2. The van der Waals surface area contributed by atoms with Crippen LogP contribution in [0.25, 0.3) is 11.0 Å². The van der Waals surface area contributed by atoms with E-state index in [1.54, 1.807) is 12.1 Å². The first-order chi connectivity index (χ1) is 11.2. The number of rotatable bonds is 4. The number of hydrogen-bond acceptors (Lipinski definition) is 4. The number of aromatic nitrogens is 1. The zero-order valence-electron chi connectivity index (χ0n) is 12.3. The second kappa shape index (κ2) is 5.70. The lowest BCUT2D eigenvalue weighted by atomic mass is 10.1. The molecule has 1 fully saturated rings. The Morgan fingerprint density at radius 2 is 2.00 bits per heavy atom. The molecule has 5 heteroatoms. The SMILES string of the molecule is O=C(Oc1ccc2c(Cc3ccc(Cl)cc3)noc2c1)C1CC1. The third-order valence-electron chi connectivity index (χ3n) is 3.93. The summed E-state index contributed by atoms with van der Waals surface area (Å²) in [6.45, 7) is 0. The molecule has 0 amide bonds. The first-order valence-electron chi connectivity index (χ1n) is 7.53. The quantitative estimate of drug-likeness (QED) is 0.527. The van der Waals surface area contributed by atoms with Crippen LogP contribution in [-0.2, 0) is 11.2 Å². The smallest absolute Gasteiger partial charge is 0.314 e. The van der Waals surface area contributed by atoms with Crippen LogP contribution in [0, 0.1) is 5.92 Å². The third kappa shape index (κ3) is 3.08. The van der Waals surface area contributed by atoms with Gasteiger partial charge in [-0.15, -0.1) is 0 Å². The summed E-state index contributed by atoms with van der Waals surface area (Å²) in [7, 11) is 0. The topological polar surface area (TPSA) is 52.3 Å². The van der Waals surface area contributed by atoms with E-state index in [-0.39, 0.29) is 11.9 Å². The van der Waals surface area contributed by atoms with Crippen molar-refractivity contribution in [3.05, 3.63) is 58.7 Å². The molecule has 0 spiro atoms. The highest BCUT2D eigenvalue weighted by Crippen LogP contribution is 2.32. The predicted octanol–water partition coefficient (Wildman–Crippen LogP) is 4.39. The van der Waals surface area contributed by atoms with Crippen molar-refractivity contribution in [1.29, 1.82) is 0 Å². The maximum atomic E-state index is 11.7. The number of benzene rings is 2. The number of fused-ring (bicyclic) bond motifs is 1. The van der Waals surface area contributed by atoms with Gasteiger partial charge in [0, 0.05) is 22.9 Å². The highest BCUT2D eigenvalue weighted by molar-refractivity contribution is 6.30. The fourth-order valence-electron chi connectivity index (χ4n) is 2.48. The van der Waals surface area contributed by atoms with Crippen molar-refractivity contribution in [3.63, 3.8) is 0 Å². The van der Waals surface area contributed by atoms with E-state index in [1.165, 1.54) is 0 Å². The molecule has 4 nitrogen and oxygen atoms in total. The average Bonchev–Trinajstić information content (AvgIpc) is 3.33. The van der Waals surface area contributed by atoms with E-state index >= 15 is 0 Å². The molecule has 1 aliphatic carbocycles. The van der Waals surface area contributed by atoms with Crippen LogP contribution < -0.4 is 4.74 Å². The van der Waals surface area contributed by atoms with Gasteiger partial charge in [0.15, 0.2) is 5.58 Å². The summed E-state index contributed by atoms with van der Waals surface area (Å²) < 4.78 is 10.7. The number of carbonyl (C=O) groups excluding carboxylic acids is 1. The molecule has 4 rings (SSSR count). The molecule has 0 atom stereocenters. The second-order valence-electron chi connectivity index (χ2n) is 5.79. The van der Waals surface area contributed by atoms with Crippen LogP contribution in [-0.4, -0.2) is 11.1 Å². The monoisotopic (exact) mass is 327 g/mol. The van der Waals surface area contributed by atoms with Gasteiger partial charge < -0.3 is 9.26 Å².